The molecule has 2 unspecified atom stereocenters. The molecular weight excluding hydrogens is 474 g/mol. The van der Waals surface area contributed by atoms with Gasteiger partial charge in [0.1, 0.15) is 11.1 Å². The number of carbonyl (C=O) groups is 3. The average Bonchev–Trinajstić information content (AvgIpc) is 2.84. The van der Waals surface area contributed by atoms with Gasteiger partial charge in [-0.3, -0.25) is 24.3 Å². The van der Waals surface area contributed by atoms with Crippen LogP contribution >= 0.6 is 23.4 Å². The zero-order valence-electron chi connectivity index (χ0n) is 18.1. The summed E-state index contributed by atoms with van der Waals surface area (Å²) in [6.07, 6.45) is 0. The first-order valence-electron chi connectivity index (χ1n) is 10.6. The number of nitrogens with zero attached hydrogens (tertiary/aromatic N) is 2. The van der Waals surface area contributed by atoms with Crippen LogP contribution in [0.3, 0.4) is 0 Å². The van der Waals surface area contributed by atoms with Crippen LogP contribution in [-0.4, -0.2) is 39.6 Å². The van der Waals surface area contributed by atoms with Crippen LogP contribution in [0.5, 0.6) is 5.75 Å². The minimum atomic E-state index is -0.766. The Morgan fingerprint density at radius 3 is 2.47 bits per heavy atom. The first kappa shape index (κ1) is 22.5. The Morgan fingerprint density at radius 2 is 1.74 bits per heavy atom. The Hall–Kier alpha value is -3.33. The molecule has 2 aliphatic heterocycles. The van der Waals surface area contributed by atoms with E-state index in [0.29, 0.717) is 16.9 Å². The van der Waals surface area contributed by atoms with Crippen LogP contribution in [0, 0.1) is 0 Å². The van der Waals surface area contributed by atoms with Crippen LogP contribution < -0.4 is 10.3 Å². The summed E-state index contributed by atoms with van der Waals surface area (Å²) in [4.78, 5) is 41.3. The quantitative estimate of drug-likeness (QED) is 0.311. The summed E-state index contributed by atoms with van der Waals surface area (Å²) in [6, 6.07) is 18.8. The number of anilines is 2. The summed E-state index contributed by atoms with van der Waals surface area (Å²) in [5, 5.41) is 10.1. The van der Waals surface area contributed by atoms with Crippen molar-refractivity contribution >= 4 is 52.3 Å². The normalized spacial score (nSPS) is 18.7. The highest BCUT2D eigenvalue weighted by molar-refractivity contribution is 7.99. The third kappa shape index (κ3) is 3.83. The predicted molar refractivity (Wildman–Crippen MR) is 129 cm³/mol. The van der Waals surface area contributed by atoms with E-state index in [1.165, 1.54) is 35.8 Å². The highest BCUT2D eigenvalue weighted by Gasteiger charge is 2.47. The van der Waals surface area contributed by atoms with Gasteiger partial charge in [-0.05, 0) is 48.9 Å². The molecule has 2 N–H and O–H groups in total. The van der Waals surface area contributed by atoms with Crippen molar-refractivity contribution in [1.82, 2.24) is 10.4 Å². The topological polar surface area (TPSA) is 90.0 Å². The summed E-state index contributed by atoms with van der Waals surface area (Å²) in [6.45, 7) is 1.33. The molecule has 34 heavy (non-hydrogen) atoms. The number of benzene rings is 3. The number of rotatable bonds is 5. The van der Waals surface area contributed by atoms with Crippen molar-refractivity contribution in [1.29, 1.82) is 0 Å². The van der Waals surface area contributed by atoms with Gasteiger partial charge < -0.3 is 5.11 Å². The van der Waals surface area contributed by atoms with Gasteiger partial charge in [0.2, 0.25) is 5.91 Å². The summed E-state index contributed by atoms with van der Waals surface area (Å²) in [7, 11) is 0. The van der Waals surface area contributed by atoms with Gasteiger partial charge in [-0.25, -0.2) is 5.43 Å². The number of ketones is 1. The number of nitrogens with one attached hydrogen (secondary N) is 1. The molecule has 2 heterocycles. The van der Waals surface area contributed by atoms with E-state index in [0.717, 1.165) is 15.4 Å². The number of alkyl halides is 1. The summed E-state index contributed by atoms with van der Waals surface area (Å²) in [5.41, 5.74) is 5.53. The molecule has 3 aromatic rings. The number of phenols is 1. The number of hydrogen-bond donors (Lipinski definition) is 2. The number of carbonyl (C=O) groups excluding carboxylic acids is 3. The molecule has 0 aromatic heterocycles. The second-order valence-corrected chi connectivity index (χ2v) is 9.57. The second kappa shape index (κ2) is 8.79. The predicted octanol–water partition coefficient (Wildman–Crippen LogP) is 4.42. The summed E-state index contributed by atoms with van der Waals surface area (Å²) >= 11 is 7.79. The third-order valence-electron chi connectivity index (χ3n) is 5.85. The molecule has 0 bridgehead atoms. The molecule has 172 valence electrons. The van der Waals surface area contributed by atoms with Crippen LogP contribution in [0.4, 0.5) is 11.4 Å². The average molecular weight is 494 g/mol. The molecule has 2 amide bonds. The fraction of sp³-hybridized carbons (Fsp3) is 0.160. The largest absolute Gasteiger partial charge is 0.508 e. The van der Waals surface area contributed by atoms with Crippen LogP contribution in [0.25, 0.3) is 0 Å². The van der Waals surface area contributed by atoms with Crippen molar-refractivity contribution in [2.75, 3.05) is 11.4 Å². The van der Waals surface area contributed by atoms with Gasteiger partial charge in [-0.1, -0.05) is 42.1 Å². The van der Waals surface area contributed by atoms with E-state index in [1.54, 1.807) is 29.2 Å². The number of hydrazine groups is 1. The van der Waals surface area contributed by atoms with Crippen LogP contribution in [0.2, 0.25) is 0 Å². The number of fused-ring (bicyclic) bond motifs is 2. The SMILES string of the molecule is CC(=O)c1ccc2c(c1)N(C(=O)CNN1C(=O)C(Cl)C1c1ccc(O)cc1)c1ccccc1S2. The maximum absolute atomic E-state index is 13.5. The molecule has 3 aromatic carbocycles. The first-order chi connectivity index (χ1) is 16.3. The van der Waals surface area contributed by atoms with Gasteiger partial charge in [-0.15, -0.1) is 11.6 Å². The van der Waals surface area contributed by atoms with E-state index >= 15 is 0 Å². The zero-order valence-corrected chi connectivity index (χ0v) is 19.6. The van der Waals surface area contributed by atoms with Gasteiger partial charge >= 0.3 is 0 Å². The van der Waals surface area contributed by atoms with Crippen LogP contribution in [-0.2, 0) is 9.59 Å². The fourth-order valence-corrected chi connectivity index (χ4v) is 5.50. The lowest BCUT2D eigenvalue weighted by atomic mass is 9.95. The number of hydrogen-bond acceptors (Lipinski definition) is 6. The first-order valence-corrected chi connectivity index (χ1v) is 11.8. The van der Waals surface area contributed by atoms with E-state index in [-0.39, 0.29) is 29.9 Å². The Balaban J connectivity index is 1.41. The smallest absolute Gasteiger partial charge is 0.257 e. The molecule has 0 aliphatic carbocycles. The van der Waals surface area contributed by atoms with Gasteiger partial charge in [0.15, 0.2) is 5.78 Å². The molecule has 9 heteroatoms. The number of aromatic hydroxyl groups is 1. The van der Waals surface area contributed by atoms with Gasteiger partial charge in [-0.2, -0.15) is 0 Å². The molecule has 2 aliphatic rings. The van der Waals surface area contributed by atoms with Crippen molar-refractivity contribution < 1.29 is 19.5 Å². The Kier molecular flexibility index (Phi) is 5.81. The van der Waals surface area contributed by atoms with Crippen molar-refractivity contribution in [3.05, 3.63) is 77.9 Å². The van der Waals surface area contributed by atoms with Crippen molar-refractivity contribution in [3.63, 3.8) is 0 Å². The molecule has 0 spiro atoms. The Labute approximate surface area is 205 Å². The van der Waals surface area contributed by atoms with E-state index in [9.17, 15) is 19.5 Å². The van der Waals surface area contributed by atoms with E-state index in [4.69, 9.17) is 11.6 Å². The molecule has 2 atom stereocenters. The summed E-state index contributed by atoms with van der Waals surface area (Å²) < 4.78 is 0. The molecule has 5 rings (SSSR count). The fourth-order valence-electron chi connectivity index (χ4n) is 4.09. The number of para-hydroxylation sites is 1. The maximum Gasteiger partial charge on any atom is 0.257 e. The minimum Gasteiger partial charge on any atom is -0.508 e. The summed E-state index contributed by atoms with van der Waals surface area (Å²) in [5.74, 6) is -0.597. The van der Waals surface area contributed by atoms with Gasteiger partial charge in [0, 0.05) is 15.4 Å². The number of halogens is 1. The molecule has 7 nitrogen and oxygen atoms in total. The van der Waals surface area contributed by atoms with E-state index in [1.807, 2.05) is 30.3 Å². The highest BCUT2D eigenvalue weighted by Crippen LogP contribution is 2.48. The lowest BCUT2D eigenvalue weighted by molar-refractivity contribution is -0.151. The van der Waals surface area contributed by atoms with Crippen LogP contribution in [0.15, 0.2) is 76.5 Å². The van der Waals surface area contributed by atoms with Gasteiger partial charge in [0.25, 0.3) is 5.91 Å². The standard InChI is InChI=1S/C25H20ClN3O4S/c1-14(30)16-8-11-21-19(12-16)28(18-4-2-3-5-20(18)34-21)22(32)13-27-29-24(23(26)25(29)33)15-6-9-17(31)10-7-15/h2-12,23-24,27,31H,13H2,1H3. The minimum absolute atomic E-state index is 0.0896. The molecule has 1 fully saturated rings. The monoisotopic (exact) mass is 493 g/mol. The highest BCUT2D eigenvalue weighted by atomic mass is 35.5. The molecule has 0 saturated carbocycles. The number of Topliss-reactive ketones (excluding diaryl/α,β-unsaturated/α-hetero) is 1. The second-order valence-electron chi connectivity index (χ2n) is 8.02. The maximum atomic E-state index is 13.5. The number of phenolic OH excluding ortho intramolecular Hbond substituents is 1. The number of β-lactam (4-membered cyclic amide) rings is 1. The number of amides is 2. The molecule has 1 saturated heterocycles. The van der Waals surface area contributed by atoms with E-state index < -0.39 is 11.4 Å². The lowest BCUT2D eigenvalue weighted by Gasteiger charge is -2.44. The van der Waals surface area contributed by atoms with Crippen molar-refractivity contribution in [2.24, 2.45) is 0 Å². The Bertz CT molecular complexity index is 1310. The Morgan fingerprint density at radius 1 is 1.03 bits per heavy atom. The zero-order chi connectivity index (χ0) is 24.0. The van der Waals surface area contributed by atoms with Gasteiger partial charge in [0.05, 0.1) is 24.0 Å². The lowest BCUT2D eigenvalue weighted by Crippen LogP contribution is -2.63. The van der Waals surface area contributed by atoms with E-state index in [2.05, 4.69) is 5.43 Å². The van der Waals surface area contributed by atoms with Crippen molar-refractivity contribution in [3.8, 4) is 5.75 Å². The van der Waals surface area contributed by atoms with Crippen molar-refractivity contribution in [2.45, 2.75) is 28.1 Å². The van der Waals surface area contributed by atoms with Crippen LogP contribution in [0.1, 0.15) is 28.9 Å². The third-order valence-corrected chi connectivity index (χ3v) is 7.40. The molecular formula is C25H20ClN3O4S. The molecule has 0 radical (unpaired) electrons.